The Morgan fingerprint density at radius 1 is 0.968 bits per heavy atom. The Kier molecular flexibility index (Phi) is 5.76. The number of likely N-dealkylation sites (tertiary alicyclic amines) is 1. The molecule has 164 valence electrons. The minimum absolute atomic E-state index is 0.395. The minimum atomic E-state index is -0.446. The lowest BCUT2D eigenvalue weighted by atomic mass is 9.87. The third-order valence-corrected chi connectivity index (χ3v) is 7.12. The number of piperidine rings is 1. The Bertz CT molecular complexity index is 1150. The number of rotatable bonds is 5. The van der Waals surface area contributed by atoms with E-state index in [1.807, 2.05) is 6.20 Å². The van der Waals surface area contributed by atoms with Crippen molar-refractivity contribution in [1.29, 1.82) is 0 Å². The van der Waals surface area contributed by atoms with E-state index in [9.17, 15) is 9.59 Å². The second-order valence-corrected chi connectivity index (χ2v) is 9.33. The highest BCUT2D eigenvalue weighted by Gasteiger charge is 2.23. The summed E-state index contributed by atoms with van der Waals surface area (Å²) < 4.78 is 3.22. The van der Waals surface area contributed by atoms with E-state index in [1.165, 1.54) is 87.0 Å². The molecule has 1 saturated heterocycles. The van der Waals surface area contributed by atoms with Crippen molar-refractivity contribution in [3.8, 4) is 5.69 Å². The molecule has 0 unspecified atom stereocenters. The summed E-state index contributed by atoms with van der Waals surface area (Å²) in [4.78, 5) is 28.6. The molecular formula is C24H31N5O2. The summed E-state index contributed by atoms with van der Waals surface area (Å²) in [5, 5.41) is 4.37. The standard InChI is InChI=1S/C24H31N5O2/c30-23-9-12-28(24(31)26-23)22-16-25-29-13-8-20(15-21(22)29)14-18-6-10-27(11-7-18)17-19-4-2-1-3-5-19/h8-9,12-13,15-16,18-19H,1-7,10-11,14,17H2,(H,26,30,31). The highest BCUT2D eigenvalue weighted by molar-refractivity contribution is 5.64. The zero-order valence-electron chi connectivity index (χ0n) is 18.0. The van der Waals surface area contributed by atoms with Gasteiger partial charge < -0.3 is 4.90 Å². The molecule has 4 heterocycles. The van der Waals surface area contributed by atoms with Gasteiger partial charge >= 0.3 is 5.69 Å². The van der Waals surface area contributed by atoms with E-state index in [2.05, 4.69) is 27.1 Å². The van der Waals surface area contributed by atoms with Crippen LogP contribution in [0.3, 0.4) is 0 Å². The fourth-order valence-electron chi connectivity index (χ4n) is 5.37. The van der Waals surface area contributed by atoms with E-state index in [1.54, 1.807) is 10.7 Å². The molecule has 3 aromatic rings. The molecular weight excluding hydrogens is 390 g/mol. The average Bonchev–Trinajstić information content (AvgIpc) is 3.19. The Morgan fingerprint density at radius 3 is 2.55 bits per heavy atom. The molecule has 31 heavy (non-hydrogen) atoms. The second-order valence-electron chi connectivity index (χ2n) is 9.33. The largest absolute Gasteiger partial charge is 0.333 e. The topological polar surface area (TPSA) is 75.4 Å². The molecule has 3 aromatic heterocycles. The number of pyridine rings is 1. The summed E-state index contributed by atoms with van der Waals surface area (Å²) in [7, 11) is 0. The molecule has 2 aliphatic rings. The Morgan fingerprint density at radius 2 is 1.77 bits per heavy atom. The maximum Gasteiger partial charge on any atom is 0.333 e. The molecule has 0 amide bonds. The number of H-pyrrole nitrogens is 1. The van der Waals surface area contributed by atoms with Crippen molar-refractivity contribution in [2.45, 2.75) is 51.4 Å². The molecule has 5 rings (SSSR count). The summed E-state index contributed by atoms with van der Waals surface area (Å²) in [6.45, 7) is 3.73. The third-order valence-electron chi connectivity index (χ3n) is 7.12. The molecule has 1 aliphatic carbocycles. The number of nitrogens with zero attached hydrogens (tertiary/aromatic N) is 4. The van der Waals surface area contributed by atoms with Gasteiger partial charge in [0, 0.05) is 25.0 Å². The fourth-order valence-corrected chi connectivity index (χ4v) is 5.37. The average molecular weight is 422 g/mol. The summed E-state index contributed by atoms with van der Waals surface area (Å²) >= 11 is 0. The number of aromatic nitrogens is 4. The van der Waals surface area contributed by atoms with Crippen molar-refractivity contribution in [2.24, 2.45) is 11.8 Å². The number of aromatic amines is 1. The molecule has 0 bridgehead atoms. The SMILES string of the molecule is O=c1ccn(-c2cnn3ccc(CC4CCN(CC5CCCCC5)CC4)cc23)c(=O)[nH]1. The highest BCUT2D eigenvalue weighted by Crippen LogP contribution is 2.28. The normalized spacial score (nSPS) is 19.2. The molecule has 0 radical (unpaired) electrons. The fraction of sp³-hybridized carbons (Fsp3) is 0.542. The summed E-state index contributed by atoms with van der Waals surface area (Å²) in [6.07, 6.45) is 15.8. The van der Waals surface area contributed by atoms with Crippen LogP contribution < -0.4 is 11.2 Å². The van der Waals surface area contributed by atoms with Crippen LogP contribution in [-0.4, -0.2) is 43.7 Å². The summed E-state index contributed by atoms with van der Waals surface area (Å²) in [6, 6.07) is 5.62. The second kappa shape index (κ2) is 8.83. The summed E-state index contributed by atoms with van der Waals surface area (Å²) in [5.74, 6) is 1.62. The maximum atomic E-state index is 12.2. The monoisotopic (exact) mass is 421 g/mol. The first-order chi connectivity index (χ1) is 15.2. The van der Waals surface area contributed by atoms with Crippen molar-refractivity contribution >= 4 is 5.52 Å². The van der Waals surface area contributed by atoms with Gasteiger partial charge in [-0.1, -0.05) is 19.3 Å². The van der Waals surface area contributed by atoms with Crippen molar-refractivity contribution in [3.05, 3.63) is 63.2 Å². The molecule has 2 fully saturated rings. The molecule has 1 aliphatic heterocycles. The van der Waals surface area contributed by atoms with Crippen molar-refractivity contribution < 1.29 is 0 Å². The van der Waals surface area contributed by atoms with Crippen LogP contribution in [0.15, 0.2) is 46.4 Å². The highest BCUT2D eigenvalue weighted by atomic mass is 16.2. The van der Waals surface area contributed by atoms with E-state index >= 15 is 0 Å². The molecule has 0 aromatic carbocycles. The number of fused-ring (bicyclic) bond motifs is 1. The van der Waals surface area contributed by atoms with Crippen LogP contribution in [0.4, 0.5) is 0 Å². The van der Waals surface area contributed by atoms with Gasteiger partial charge in [0.15, 0.2) is 0 Å². The van der Waals surface area contributed by atoms with E-state index in [0.29, 0.717) is 11.6 Å². The van der Waals surface area contributed by atoms with Crippen LogP contribution in [0.25, 0.3) is 11.2 Å². The third kappa shape index (κ3) is 4.51. The lowest BCUT2D eigenvalue weighted by molar-refractivity contribution is 0.145. The van der Waals surface area contributed by atoms with E-state index in [0.717, 1.165) is 17.9 Å². The van der Waals surface area contributed by atoms with Crippen molar-refractivity contribution in [1.82, 2.24) is 24.1 Å². The quantitative estimate of drug-likeness (QED) is 0.687. The van der Waals surface area contributed by atoms with Crippen LogP contribution in [-0.2, 0) is 6.42 Å². The van der Waals surface area contributed by atoms with Gasteiger partial charge in [0.1, 0.15) is 0 Å². The van der Waals surface area contributed by atoms with E-state index in [-0.39, 0.29) is 0 Å². The lowest BCUT2D eigenvalue weighted by Crippen LogP contribution is -2.38. The first kappa shape index (κ1) is 20.2. The Balaban J connectivity index is 1.26. The molecule has 1 saturated carbocycles. The van der Waals surface area contributed by atoms with Gasteiger partial charge in [-0.25, -0.2) is 9.31 Å². The van der Waals surface area contributed by atoms with Crippen molar-refractivity contribution in [3.63, 3.8) is 0 Å². The molecule has 7 heteroatoms. The Hall–Kier alpha value is -2.67. The minimum Gasteiger partial charge on any atom is -0.303 e. The molecule has 1 N–H and O–H groups in total. The molecule has 0 spiro atoms. The van der Waals surface area contributed by atoms with E-state index in [4.69, 9.17) is 0 Å². The maximum absolute atomic E-state index is 12.2. The Labute approximate surface area is 181 Å². The predicted octanol–water partition coefficient (Wildman–Crippen LogP) is 3.01. The van der Waals surface area contributed by atoms with Gasteiger partial charge in [0.25, 0.3) is 5.56 Å². The van der Waals surface area contributed by atoms with Gasteiger partial charge in [-0.05, 0) is 74.7 Å². The zero-order chi connectivity index (χ0) is 21.2. The van der Waals surface area contributed by atoms with Crippen LogP contribution >= 0.6 is 0 Å². The lowest BCUT2D eigenvalue weighted by Gasteiger charge is -2.35. The number of hydrogen-bond donors (Lipinski definition) is 1. The molecule has 0 atom stereocenters. The first-order valence-electron chi connectivity index (χ1n) is 11.7. The molecule has 7 nitrogen and oxygen atoms in total. The van der Waals surface area contributed by atoms with Crippen LogP contribution in [0.2, 0.25) is 0 Å². The zero-order valence-corrected chi connectivity index (χ0v) is 18.0. The van der Waals surface area contributed by atoms with Gasteiger partial charge in [-0.15, -0.1) is 0 Å². The predicted molar refractivity (Wildman–Crippen MR) is 121 cm³/mol. The first-order valence-corrected chi connectivity index (χ1v) is 11.7. The number of hydrogen-bond acceptors (Lipinski definition) is 4. The number of nitrogens with one attached hydrogen (secondary N) is 1. The van der Waals surface area contributed by atoms with Crippen LogP contribution in [0.5, 0.6) is 0 Å². The van der Waals surface area contributed by atoms with E-state index < -0.39 is 11.2 Å². The summed E-state index contributed by atoms with van der Waals surface area (Å²) in [5.41, 5.74) is 2.00. The van der Waals surface area contributed by atoms with Crippen LogP contribution in [0, 0.1) is 11.8 Å². The van der Waals surface area contributed by atoms with Crippen molar-refractivity contribution in [2.75, 3.05) is 19.6 Å². The van der Waals surface area contributed by atoms with Gasteiger partial charge in [-0.3, -0.25) is 14.3 Å². The van der Waals surface area contributed by atoms with Gasteiger partial charge in [0.05, 0.1) is 17.4 Å². The van der Waals surface area contributed by atoms with Gasteiger partial charge in [0.2, 0.25) is 0 Å². The van der Waals surface area contributed by atoms with Crippen LogP contribution in [0.1, 0.15) is 50.5 Å². The van der Waals surface area contributed by atoms with Gasteiger partial charge in [-0.2, -0.15) is 5.10 Å². The smallest absolute Gasteiger partial charge is 0.303 e.